The number of ether oxygens (including phenoxy) is 3. The largest absolute Gasteiger partial charge is 0.491 e. The smallest absolute Gasteiger partial charge is 0.161 e. The van der Waals surface area contributed by atoms with Crippen molar-refractivity contribution in [2.75, 3.05) is 13.2 Å². The van der Waals surface area contributed by atoms with Gasteiger partial charge in [-0.15, -0.1) is 0 Å². The molecule has 5 aliphatic rings. The summed E-state index contributed by atoms with van der Waals surface area (Å²) < 4.78 is 19.3. The maximum atomic E-state index is 6.72. The first-order valence-corrected chi connectivity index (χ1v) is 13.4. The molecule has 3 aliphatic heterocycles. The Morgan fingerprint density at radius 2 is 1.69 bits per heavy atom. The molecule has 1 spiro atoms. The van der Waals surface area contributed by atoms with Crippen LogP contribution in [-0.2, 0) is 19.2 Å². The standard InChI is InChI=1S/C30H38O5/c1-20-13-14-25-21(2)28(33-27-19-29(3)16-15-24(20)30(25,27)35-34-29)32-18-17-31-26-12-8-7-11-23(26)22-9-5-4-6-10-22/h4-12,20-21,24-25,27-28H,13-19H2,1-3H3/t20-,21-,24+,25+,27+,28+,29+,30-/m1/s1. The summed E-state index contributed by atoms with van der Waals surface area (Å²) in [6, 6.07) is 18.5. The molecule has 188 valence electrons. The lowest BCUT2D eigenvalue weighted by molar-refractivity contribution is -0.495. The second-order valence-electron chi connectivity index (χ2n) is 11.4. The maximum absolute atomic E-state index is 6.72. The number of hydrogen-bond donors (Lipinski definition) is 0. The molecule has 0 radical (unpaired) electrons. The van der Waals surface area contributed by atoms with Crippen LogP contribution in [0.2, 0.25) is 0 Å². The summed E-state index contributed by atoms with van der Waals surface area (Å²) in [6.45, 7) is 7.79. The monoisotopic (exact) mass is 478 g/mol. The Balaban J connectivity index is 1.13. The van der Waals surface area contributed by atoms with E-state index in [4.69, 9.17) is 24.0 Å². The molecule has 5 nitrogen and oxygen atoms in total. The Hall–Kier alpha value is -1.92. The summed E-state index contributed by atoms with van der Waals surface area (Å²) in [5.41, 5.74) is 1.64. The minimum absolute atomic E-state index is 0.0161. The number of benzene rings is 2. The predicted molar refractivity (Wildman–Crippen MR) is 134 cm³/mol. The van der Waals surface area contributed by atoms with Crippen LogP contribution >= 0.6 is 0 Å². The molecule has 0 amide bonds. The lowest BCUT2D eigenvalue weighted by Crippen LogP contribution is -2.69. The van der Waals surface area contributed by atoms with E-state index in [1.165, 1.54) is 6.42 Å². The lowest BCUT2D eigenvalue weighted by atomic mass is 9.56. The third-order valence-corrected chi connectivity index (χ3v) is 9.23. The zero-order chi connectivity index (χ0) is 24.0. The van der Waals surface area contributed by atoms with Crippen molar-refractivity contribution in [1.82, 2.24) is 0 Å². The molecule has 2 aromatic rings. The van der Waals surface area contributed by atoms with Gasteiger partial charge < -0.3 is 14.2 Å². The highest BCUT2D eigenvalue weighted by Gasteiger charge is 2.68. The van der Waals surface area contributed by atoms with E-state index in [0.717, 1.165) is 42.6 Å². The molecule has 35 heavy (non-hydrogen) atoms. The van der Waals surface area contributed by atoms with Gasteiger partial charge >= 0.3 is 0 Å². The molecule has 5 heteroatoms. The number of rotatable bonds is 6. The summed E-state index contributed by atoms with van der Waals surface area (Å²) in [7, 11) is 0. The van der Waals surface area contributed by atoms with Gasteiger partial charge in [-0.3, -0.25) is 0 Å². The van der Waals surface area contributed by atoms with Crippen LogP contribution < -0.4 is 4.74 Å². The molecule has 0 unspecified atom stereocenters. The molecule has 2 bridgehead atoms. The van der Waals surface area contributed by atoms with E-state index in [9.17, 15) is 0 Å². The van der Waals surface area contributed by atoms with Crippen LogP contribution in [0.15, 0.2) is 54.6 Å². The highest BCUT2D eigenvalue weighted by molar-refractivity contribution is 5.70. The topological polar surface area (TPSA) is 46.2 Å². The fourth-order valence-electron chi connectivity index (χ4n) is 7.38. The van der Waals surface area contributed by atoms with E-state index >= 15 is 0 Å². The lowest BCUT2D eigenvalue weighted by Gasteiger charge is -2.61. The average molecular weight is 479 g/mol. The zero-order valence-electron chi connectivity index (χ0n) is 21.2. The van der Waals surface area contributed by atoms with Crippen molar-refractivity contribution < 1.29 is 24.0 Å². The van der Waals surface area contributed by atoms with E-state index in [0.29, 0.717) is 31.0 Å². The Labute approximate surface area is 209 Å². The number of para-hydroxylation sites is 1. The molecule has 8 atom stereocenters. The third kappa shape index (κ3) is 4.01. The van der Waals surface area contributed by atoms with Crippen molar-refractivity contribution in [1.29, 1.82) is 0 Å². The average Bonchev–Trinajstić information content (AvgIpc) is 3.11. The van der Waals surface area contributed by atoms with Crippen LogP contribution in [0.3, 0.4) is 0 Å². The van der Waals surface area contributed by atoms with Gasteiger partial charge in [0.2, 0.25) is 0 Å². The Kier molecular flexibility index (Phi) is 6.16. The van der Waals surface area contributed by atoms with E-state index in [1.807, 2.05) is 24.3 Å². The Morgan fingerprint density at radius 1 is 0.886 bits per heavy atom. The third-order valence-electron chi connectivity index (χ3n) is 9.23. The van der Waals surface area contributed by atoms with Gasteiger partial charge in [-0.25, -0.2) is 9.78 Å². The molecule has 2 aromatic carbocycles. The summed E-state index contributed by atoms with van der Waals surface area (Å²) in [4.78, 5) is 12.5. The first-order chi connectivity index (χ1) is 17.0. The SMILES string of the molecule is C[C@H]1[C@@H](OCCOc2ccccc2-c2ccccc2)O[C@H]2C[C@]3(C)CC[C@H]4[C@H](C)CC[C@@H]1[C@@]24OO3. The quantitative estimate of drug-likeness (QED) is 0.354. The van der Waals surface area contributed by atoms with E-state index in [-0.39, 0.29) is 29.5 Å². The maximum Gasteiger partial charge on any atom is 0.161 e. The Bertz CT molecular complexity index is 1030. The van der Waals surface area contributed by atoms with Crippen molar-refractivity contribution in [3.05, 3.63) is 54.6 Å². The van der Waals surface area contributed by atoms with Crippen LogP contribution in [0.1, 0.15) is 52.9 Å². The zero-order valence-corrected chi connectivity index (χ0v) is 21.2. The van der Waals surface area contributed by atoms with Gasteiger partial charge in [0.1, 0.15) is 23.6 Å². The first-order valence-electron chi connectivity index (χ1n) is 13.4. The van der Waals surface area contributed by atoms with Crippen LogP contribution in [0, 0.1) is 23.7 Å². The second-order valence-corrected chi connectivity index (χ2v) is 11.4. The van der Waals surface area contributed by atoms with Gasteiger partial charge in [-0.2, -0.15) is 0 Å². The summed E-state index contributed by atoms with van der Waals surface area (Å²) in [5, 5.41) is 0. The van der Waals surface area contributed by atoms with Crippen molar-refractivity contribution in [2.45, 2.75) is 76.5 Å². The van der Waals surface area contributed by atoms with Gasteiger partial charge in [0, 0.05) is 23.8 Å². The van der Waals surface area contributed by atoms with Crippen LogP contribution in [0.5, 0.6) is 5.75 Å². The van der Waals surface area contributed by atoms with Gasteiger partial charge in [0.15, 0.2) is 6.29 Å². The van der Waals surface area contributed by atoms with E-state index in [1.54, 1.807) is 0 Å². The molecular weight excluding hydrogens is 440 g/mol. The Morgan fingerprint density at radius 3 is 2.54 bits per heavy atom. The number of fused-ring (bicyclic) bond motifs is 2. The molecule has 3 heterocycles. The van der Waals surface area contributed by atoms with Crippen molar-refractivity contribution in [3.8, 4) is 16.9 Å². The molecule has 3 saturated heterocycles. The molecule has 5 fully saturated rings. The molecular formula is C30H38O5. The highest BCUT2D eigenvalue weighted by Crippen LogP contribution is 2.61. The fraction of sp³-hybridized carbons (Fsp3) is 0.600. The van der Waals surface area contributed by atoms with Crippen LogP contribution in [-0.4, -0.2) is 36.8 Å². The van der Waals surface area contributed by atoms with Crippen molar-refractivity contribution >= 4 is 0 Å². The summed E-state index contributed by atoms with van der Waals surface area (Å²) in [5.74, 6) is 2.61. The van der Waals surface area contributed by atoms with Crippen LogP contribution in [0.4, 0.5) is 0 Å². The molecule has 0 N–H and O–H groups in total. The highest BCUT2D eigenvalue weighted by atomic mass is 17.2. The molecule has 7 rings (SSSR count). The summed E-state index contributed by atoms with van der Waals surface area (Å²) >= 11 is 0. The summed E-state index contributed by atoms with van der Waals surface area (Å²) in [6.07, 6.45) is 5.21. The van der Waals surface area contributed by atoms with Crippen molar-refractivity contribution in [2.24, 2.45) is 23.7 Å². The predicted octanol–water partition coefficient (Wildman–Crippen LogP) is 6.42. The molecule has 2 saturated carbocycles. The van der Waals surface area contributed by atoms with Gasteiger partial charge in [-0.05, 0) is 56.1 Å². The van der Waals surface area contributed by atoms with Crippen molar-refractivity contribution in [3.63, 3.8) is 0 Å². The van der Waals surface area contributed by atoms with E-state index < -0.39 is 0 Å². The minimum atomic E-state index is -0.335. The van der Waals surface area contributed by atoms with Gasteiger partial charge in [0.25, 0.3) is 0 Å². The van der Waals surface area contributed by atoms with E-state index in [2.05, 4.69) is 51.1 Å². The minimum Gasteiger partial charge on any atom is -0.491 e. The molecule has 0 aromatic heterocycles. The van der Waals surface area contributed by atoms with Gasteiger partial charge in [-0.1, -0.05) is 62.4 Å². The van der Waals surface area contributed by atoms with Gasteiger partial charge in [0.05, 0.1) is 12.7 Å². The first kappa shape index (κ1) is 23.5. The normalized spacial score (nSPS) is 40.1. The fourth-order valence-corrected chi connectivity index (χ4v) is 7.38. The second kappa shape index (κ2) is 9.19. The van der Waals surface area contributed by atoms with Crippen LogP contribution in [0.25, 0.3) is 11.1 Å². The number of hydrogen-bond acceptors (Lipinski definition) is 5. The molecule has 2 aliphatic carbocycles.